The van der Waals surface area contributed by atoms with Crippen LogP contribution in [0.5, 0.6) is 0 Å². The predicted octanol–water partition coefficient (Wildman–Crippen LogP) is 2.70. The summed E-state index contributed by atoms with van der Waals surface area (Å²) in [4.78, 5) is 27.1. The lowest BCUT2D eigenvalue weighted by Gasteiger charge is -2.36. The van der Waals surface area contributed by atoms with Crippen LogP contribution in [0.1, 0.15) is 51.5 Å². The fraction of sp³-hybridized carbons (Fsp3) is 0.435. The third kappa shape index (κ3) is 3.98. The van der Waals surface area contributed by atoms with Gasteiger partial charge in [0.05, 0.1) is 11.5 Å². The molecule has 8 nitrogen and oxygen atoms in total. The summed E-state index contributed by atoms with van der Waals surface area (Å²) in [5.74, 6) is -0.361. The number of urea groups is 1. The van der Waals surface area contributed by atoms with E-state index >= 15 is 0 Å². The molecule has 5 rings (SSSR count). The van der Waals surface area contributed by atoms with Gasteiger partial charge < -0.3 is 11.5 Å². The van der Waals surface area contributed by atoms with Gasteiger partial charge in [-0.3, -0.25) is 20.0 Å². The number of primary amides is 2. The zero-order valence-corrected chi connectivity index (χ0v) is 18.7. The van der Waals surface area contributed by atoms with Gasteiger partial charge in [-0.15, -0.1) is 11.3 Å². The number of anilines is 1. The molecule has 2 aliphatic heterocycles. The number of likely N-dealkylation sites (tertiary alicyclic amines) is 1. The SMILES string of the molecule is NC(=O)Nc1sc2c(c1C(N)=O)CCC1=NN(C3CCN(Cc4ccccc4)CC3)CC12. The number of rotatable bonds is 5. The first-order valence-corrected chi connectivity index (χ1v) is 11.9. The van der Waals surface area contributed by atoms with Crippen LogP contribution in [0.25, 0.3) is 0 Å². The standard InChI is InChI=1S/C23H28N6O2S/c24-21(30)19-16-6-7-18-17(20(16)32-22(19)26-23(25)31)13-29(27-18)15-8-10-28(11-9-15)12-14-4-2-1-3-5-14/h1-5,15,17H,6-13H2,(H2,24,30)(H3,25,26,31). The van der Waals surface area contributed by atoms with E-state index in [0.717, 1.165) is 55.9 Å². The third-order valence-corrected chi connectivity index (χ3v) is 7.99. The van der Waals surface area contributed by atoms with Crippen LogP contribution >= 0.6 is 11.3 Å². The molecule has 168 valence electrons. The highest BCUT2D eigenvalue weighted by Crippen LogP contribution is 2.45. The van der Waals surface area contributed by atoms with Crippen molar-refractivity contribution in [3.63, 3.8) is 0 Å². The van der Waals surface area contributed by atoms with E-state index in [0.29, 0.717) is 23.0 Å². The quantitative estimate of drug-likeness (QED) is 0.646. The van der Waals surface area contributed by atoms with Gasteiger partial charge in [0, 0.05) is 42.8 Å². The molecule has 1 saturated heterocycles. The number of nitrogens with two attached hydrogens (primary N) is 2. The van der Waals surface area contributed by atoms with Gasteiger partial charge in [0.2, 0.25) is 0 Å². The van der Waals surface area contributed by atoms with E-state index in [9.17, 15) is 9.59 Å². The van der Waals surface area contributed by atoms with Gasteiger partial charge in [-0.05, 0) is 36.8 Å². The van der Waals surface area contributed by atoms with Crippen molar-refractivity contribution < 1.29 is 9.59 Å². The molecule has 9 heteroatoms. The maximum absolute atomic E-state index is 12.1. The maximum Gasteiger partial charge on any atom is 0.317 e. The molecule has 0 spiro atoms. The number of hydrogen-bond acceptors (Lipinski definition) is 6. The molecule has 1 atom stereocenters. The molecule has 5 N–H and O–H groups in total. The summed E-state index contributed by atoms with van der Waals surface area (Å²) in [6, 6.07) is 10.4. The van der Waals surface area contributed by atoms with E-state index in [4.69, 9.17) is 16.6 Å². The molecule has 3 aliphatic rings. The Morgan fingerprint density at radius 3 is 2.56 bits per heavy atom. The number of amides is 3. The van der Waals surface area contributed by atoms with Crippen LogP contribution in [0.3, 0.4) is 0 Å². The molecule has 1 aliphatic carbocycles. The largest absolute Gasteiger partial charge is 0.365 e. The van der Waals surface area contributed by atoms with E-state index in [1.165, 1.54) is 22.6 Å². The summed E-state index contributed by atoms with van der Waals surface area (Å²) in [6.07, 6.45) is 3.71. The number of thiophene rings is 1. The van der Waals surface area contributed by atoms with Crippen molar-refractivity contribution in [2.75, 3.05) is 25.0 Å². The molecule has 0 saturated carbocycles. The minimum absolute atomic E-state index is 0.160. The Labute approximate surface area is 191 Å². The molecule has 1 aromatic heterocycles. The highest BCUT2D eigenvalue weighted by atomic mass is 32.1. The van der Waals surface area contributed by atoms with E-state index < -0.39 is 11.9 Å². The number of benzene rings is 1. The Hall–Kier alpha value is -2.91. The summed E-state index contributed by atoms with van der Waals surface area (Å²) in [6.45, 7) is 3.94. The first kappa shape index (κ1) is 21.0. The van der Waals surface area contributed by atoms with Crippen molar-refractivity contribution >= 4 is 34.0 Å². The molecule has 2 aromatic rings. The van der Waals surface area contributed by atoms with Crippen molar-refractivity contribution in [2.24, 2.45) is 16.6 Å². The predicted molar refractivity (Wildman–Crippen MR) is 126 cm³/mol. The lowest BCUT2D eigenvalue weighted by Crippen LogP contribution is -2.42. The number of nitrogens with zero attached hydrogens (tertiary/aromatic N) is 3. The van der Waals surface area contributed by atoms with Crippen LogP contribution in [-0.2, 0) is 13.0 Å². The van der Waals surface area contributed by atoms with Crippen LogP contribution in [0.2, 0.25) is 0 Å². The number of fused-ring (bicyclic) bond motifs is 3. The number of carbonyl (C=O) groups is 2. The first-order chi connectivity index (χ1) is 15.5. The molecule has 0 bridgehead atoms. The molecular weight excluding hydrogens is 424 g/mol. The summed E-state index contributed by atoms with van der Waals surface area (Å²) < 4.78 is 0. The summed E-state index contributed by atoms with van der Waals surface area (Å²) in [5, 5.41) is 10.3. The van der Waals surface area contributed by atoms with E-state index in [1.54, 1.807) is 0 Å². The smallest absolute Gasteiger partial charge is 0.317 e. The molecule has 0 radical (unpaired) electrons. The highest BCUT2D eigenvalue weighted by molar-refractivity contribution is 7.17. The van der Waals surface area contributed by atoms with Gasteiger partial charge in [0.1, 0.15) is 5.00 Å². The lowest BCUT2D eigenvalue weighted by atomic mass is 9.86. The van der Waals surface area contributed by atoms with Crippen LogP contribution < -0.4 is 16.8 Å². The second-order valence-electron chi connectivity index (χ2n) is 8.76. The zero-order chi connectivity index (χ0) is 22.2. The lowest BCUT2D eigenvalue weighted by molar-refractivity contribution is 0.100. The second kappa shape index (κ2) is 8.55. The van der Waals surface area contributed by atoms with Crippen LogP contribution in [-0.4, -0.2) is 53.2 Å². The first-order valence-electron chi connectivity index (χ1n) is 11.1. The molecule has 1 fully saturated rings. The topological polar surface area (TPSA) is 117 Å². The normalized spacial score (nSPS) is 21.1. The minimum Gasteiger partial charge on any atom is -0.365 e. The van der Waals surface area contributed by atoms with Gasteiger partial charge in [-0.2, -0.15) is 5.10 Å². The van der Waals surface area contributed by atoms with Crippen molar-refractivity contribution in [2.45, 2.75) is 44.2 Å². The van der Waals surface area contributed by atoms with Gasteiger partial charge in [0.25, 0.3) is 5.91 Å². The molecule has 1 unspecified atom stereocenters. The number of carbonyl (C=O) groups excluding carboxylic acids is 2. The fourth-order valence-corrected chi connectivity index (χ4v) is 6.58. The number of hydrazone groups is 1. The Kier molecular flexibility index (Phi) is 5.60. The second-order valence-corrected chi connectivity index (χ2v) is 9.81. The van der Waals surface area contributed by atoms with Crippen LogP contribution in [0.4, 0.5) is 9.80 Å². The van der Waals surface area contributed by atoms with Gasteiger partial charge in [0.15, 0.2) is 0 Å². The van der Waals surface area contributed by atoms with E-state index in [1.807, 2.05) is 0 Å². The third-order valence-electron chi connectivity index (χ3n) is 6.73. The molecule has 3 heterocycles. The molecular formula is C23H28N6O2S. The monoisotopic (exact) mass is 452 g/mol. The maximum atomic E-state index is 12.1. The van der Waals surface area contributed by atoms with Crippen molar-refractivity contribution in [3.8, 4) is 0 Å². The Morgan fingerprint density at radius 2 is 1.88 bits per heavy atom. The Morgan fingerprint density at radius 1 is 1.12 bits per heavy atom. The number of nitrogens with one attached hydrogen (secondary N) is 1. The Balaban J connectivity index is 1.27. The number of hydrogen-bond donors (Lipinski definition) is 3. The van der Waals surface area contributed by atoms with Crippen molar-refractivity contribution in [1.82, 2.24) is 9.91 Å². The number of piperidine rings is 1. The van der Waals surface area contributed by atoms with E-state index in [2.05, 4.69) is 45.6 Å². The molecule has 32 heavy (non-hydrogen) atoms. The highest BCUT2D eigenvalue weighted by Gasteiger charge is 2.39. The average Bonchev–Trinajstić information content (AvgIpc) is 3.35. The van der Waals surface area contributed by atoms with Crippen molar-refractivity contribution in [1.29, 1.82) is 0 Å². The summed E-state index contributed by atoms with van der Waals surface area (Å²) in [7, 11) is 0. The molecule has 3 amide bonds. The zero-order valence-electron chi connectivity index (χ0n) is 17.9. The van der Waals surface area contributed by atoms with Gasteiger partial charge in [-0.25, -0.2) is 4.79 Å². The van der Waals surface area contributed by atoms with Crippen LogP contribution in [0, 0.1) is 0 Å². The average molecular weight is 453 g/mol. The summed E-state index contributed by atoms with van der Waals surface area (Å²) >= 11 is 1.42. The fourth-order valence-electron chi connectivity index (χ4n) is 5.20. The molecule has 1 aromatic carbocycles. The van der Waals surface area contributed by atoms with E-state index in [-0.39, 0.29) is 5.92 Å². The van der Waals surface area contributed by atoms with Gasteiger partial charge in [-0.1, -0.05) is 30.3 Å². The van der Waals surface area contributed by atoms with Gasteiger partial charge >= 0.3 is 6.03 Å². The minimum atomic E-state index is -0.685. The van der Waals surface area contributed by atoms with Crippen molar-refractivity contribution in [3.05, 3.63) is 51.9 Å². The summed E-state index contributed by atoms with van der Waals surface area (Å²) in [5.41, 5.74) is 14.8. The Bertz CT molecular complexity index is 1060. The van der Waals surface area contributed by atoms with Crippen LogP contribution in [0.15, 0.2) is 35.4 Å².